The van der Waals surface area contributed by atoms with E-state index in [1.165, 1.54) is 11.3 Å². The van der Waals surface area contributed by atoms with Gasteiger partial charge in [0.25, 0.3) is 5.91 Å². The van der Waals surface area contributed by atoms with Gasteiger partial charge in [-0.2, -0.15) is 5.10 Å². The van der Waals surface area contributed by atoms with Crippen molar-refractivity contribution in [2.45, 2.75) is 26.8 Å². The minimum absolute atomic E-state index is 0.0355. The van der Waals surface area contributed by atoms with Crippen LogP contribution in [-0.2, 0) is 6.54 Å². The predicted molar refractivity (Wildman–Crippen MR) is 70.8 cm³/mol. The summed E-state index contributed by atoms with van der Waals surface area (Å²) in [4.78, 5) is 16.5. The summed E-state index contributed by atoms with van der Waals surface area (Å²) >= 11 is 1.37. The van der Waals surface area contributed by atoms with E-state index in [0.717, 1.165) is 24.2 Å². The minimum atomic E-state index is -0.0355. The summed E-state index contributed by atoms with van der Waals surface area (Å²) < 4.78 is 1.89. The summed E-state index contributed by atoms with van der Waals surface area (Å²) in [7, 11) is 0. The summed E-state index contributed by atoms with van der Waals surface area (Å²) in [6, 6.07) is 0. The van der Waals surface area contributed by atoms with Gasteiger partial charge in [-0.05, 0) is 25.8 Å². The van der Waals surface area contributed by atoms with Gasteiger partial charge in [0.1, 0.15) is 4.88 Å². The van der Waals surface area contributed by atoms with Crippen molar-refractivity contribution in [3.05, 3.63) is 34.0 Å². The third-order valence-corrected chi connectivity index (χ3v) is 3.49. The van der Waals surface area contributed by atoms with Crippen LogP contribution in [0, 0.1) is 13.8 Å². The topological polar surface area (TPSA) is 59.8 Å². The predicted octanol–water partition coefficient (Wildman–Crippen LogP) is 1.78. The molecule has 0 saturated carbocycles. The average molecular weight is 264 g/mol. The maximum Gasteiger partial charge on any atom is 0.263 e. The molecule has 2 rings (SSSR count). The molecule has 0 fully saturated rings. The second kappa shape index (κ2) is 5.77. The van der Waals surface area contributed by atoms with Gasteiger partial charge in [-0.3, -0.25) is 9.48 Å². The molecule has 1 N–H and O–H groups in total. The van der Waals surface area contributed by atoms with Gasteiger partial charge in [-0.1, -0.05) is 0 Å². The lowest BCUT2D eigenvalue weighted by Gasteiger charge is -2.04. The van der Waals surface area contributed by atoms with Crippen molar-refractivity contribution in [1.29, 1.82) is 0 Å². The fourth-order valence-corrected chi connectivity index (χ4v) is 2.35. The van der Waals surface area contributed by atoms with Crippen molar-refractivity contribution in [2.75, 3.05) is 6.54 Å². The molecule has 0 aliphatic heterocycles. The van der Waals surface area contributed by atoms with Crippen molar-refractivity contribution in [3.63, 3.8) is 0 Å². The summed E-state index contributed by atoms with van der Waals surface area (Å²) in [6.07, 6.45) is 4.69. The quantitative estimate of drug-likeness (QED) is 0.837. The lowest BCUT2D eigenvalue weighted by molar-refractivity contribution is 0.0956. The van der Waals surface area contributed by atoms with Gasteiger partial charge in [0.05, 0.1) is 17.4 Å². The highest BCUT2D eigenvalue weighted by Gasteiger charge is 2.10. The van der Waals surface area contributed by atoms with Crippen LogP contribution < -0.4 is 5.32 Å². The largest absolute Gasteiger partial charge is 0.351 e. The first-order chi connectivity index (χ1) is 8.66. The van der Waals surface area contributed by atoms with E-state index >= 15 is 0 Å². The van der Waals surface area contributed by atoms with Crippen LogP contribution in [0.3, 0.4) is 0 Å². The van der Waals surface area contributed by atoms with Gasteiger partial charge >= 0.3 is 0 Å². The molecule has 0 radical (unpaired) electrons. The summed E-state index contributed by atoms with van der Waals surface area (Å²) in [5.74, 6) is -0.0355. The normalized spacial score (nSPS) is 10.6. The van der Waals surface area contributed by atoms with Crippen LogP contribution in [0.2, 0.25) is 0 Å². The number of rotatable bonds is 5. The van der Waals surface area contributed by atoms with Gasteiger partial charge in [0.15, 0.2) is 0 Å². The van der Waals surface area contributed by atoms with E-state index in [1.54, 1.807) is 5.51 Å². The summed E-state index contributed by atoms with van der Waals surface area (Å²) in [6.45, 7) is 5.32. The van der Waals surface area contributed by atoms with Gasteiger partial charge < -0.3 is 5.32 Å². The molecule has 0 aliphatic carbocycles. The zero-order valence-electron chi connectivity index (χ0n) is 10.5. The molecule has 1 amide bonds. The molecular weight excluding hydrogens is 248 g/mol. The van der Waals surface area contributed by atoms with E-state index in [2.05, 4.69) is 15.4 Å². The number of thiazole rings is 1. The van der Waals surface area contributed by atoms with Crippen molar-refractivity contribution in [2.24, 2.45) is 0 Å². The number of amides is 1. The van der Waals surface area contributed by atoms with Crippen molar-refractivity contribution in [3.8, 4) is 0 Å². The molecule has 2 heterocycles. The van der Waals surface area contributed by atoms with Crippen LogP contribution in [0.5, 0.6) is 0 Å². The Morgan fingerprint density at radius 2 is 2.33 bits per heavy atom. The Morgan fingerprint density at radius 1 is 1.50 bits per heavy atom. The lowest BCUT2D eigenvalue weighted by Crippen LogP contribution is -2.25. The molecule has 0 spiro atoms. The maximum absolute atomic E-state index is 11.8. The molecule has 96 valence electrons. The SMILES string of the molecule is Cc1cnn(CCCNC(=O)c2scnc2C)c1. The number of aromatic nitrogens is 3. The van der Waals surface area contributed by atoms with Crippen LogP contribution in [-0.4, -0.2) is 27.2 Å². The fraction of sp³-hybridized carbons (Fsp3) is 0.417. The second-order valence-corrected chi connectivity index (χ2v) is 5.01. The number of hydrogen-bond donors (Lipinski definition) is 1. The van der Waals surface area contributed by atoms with Gasteiger partial charge in [-0.15, -0.1) is 11.3 Å². The monoisotopic (exact) mass is 264 g/mol. The number of hydrogen-bond acceptors (Lipinski definition) is 4. The van der Waals surface area contributed by atoms with E-state index < -0.39 is 0 Å². The average Bonchev–Trinajstić information content (AvgIpc) is 2.93. The minimum Gasteiger partial charge on any atom is -0.351 e. The Hall–Kier alpha value is -1.69. The number of nitrogens with one attached hydrogen (secondary N) is 1. The summed E-state index contributed by atoms with van der Waals surface area (Å²) in [5.41, 5.74) is 3.64. The number of carbonyl (C=O) groups excluding carboxylic acids is 1. The van der Waals surface area contributed by atoms with E-state index in [1.807, 2.05) is 30.9 Å². The standard InChI is InChI=1S/C12H16N4OS/c1-9-6-15-16(7-9)5-3-4-13-12(17)11-10(2)14-8-18-11/h6-8H,3-5H2,1-2H3,(H,13,17). The van der Waals surface area contributed by atoms with E-state index in [0.29, 0.717) is 11.4 Å². The molecule has 0 aromatic carbocycles. The maximum atomic E-state index is 11.8. The Labute approximate surface area is 110 Å². The highest BCUT2D eigenvalue weighted by atomic mass is 32.1. The number of aryl methyl sites for hydroxylation is 3. The molecule has 0 atom stereocenters. The fourth-order valence-electron chi connectivity index (χ4n) is 1.63. The molecular formula is C12H16N4OS. The van der Waals surface area contributed by atoms with Gasteiger partial charge in [0.2, 0.25) is 0 Å². The Morgan fingerprint density at radius 3 is 2.94 bits per heavy atom. The van der Waals surface area contributed by atoms with Crippen LogP contribution in [0.25, 0.3) is 0 Å². The number of nitrogens with zero attached hydrogens (tertiary/aromatic N) is 3. The zero-order chi connectivity index (χ0) is 13.0. The molecule has 2 aromatic heterocycles. The summed E-state index contributed by atoms with van der Waals surface area (Å²) in [5, 5.41) is 7.09. The second-order valence-electron chi connectivity index (χ2n) is 4.16. The molecule has 2 aromatic rings. The molecule has 0 saturated heterocycles. The smallest absolute Gasteiger partial charge is 0.263 e. The van der Waals surface area contributed by atoms with Crippen LogP contribution in [0.4, 0.5) is 0 Å². The first-order valence-electron chi connectivity index (χ1n) is 5.84. The first kappa shape index (κ1) is 12.8. The molecule has 0 unspecified atom stereocenters. The third-order valence-electron chi connectivity index (χ3n) is 2.56. The molecule has 18 heavy (non-hydrogen) atoms. The lowest BCUT2D eigenvalue weighted by atomic mass is 10.3. The molecule has 0 aliphatic rings. The van der Waals surface area contributed by atoms with Crippen molar-refractivity contribution in [1.82, 2.24) is 20.1 Å². The Kier molecular flexibility index (Phi) is 4.09. The van der Waals surface area contributed by atoms with Crippen LogP contribution >= 0.6 is 11.3 Å². The van der Waals surface area contributed by atoms with E-state index in [-0.39, 0.29) is 5.91 Å². The van der Waals surface area contributed by atoms with Crippen LogP contribution in [0.1, 0.15) is 27.3 Å². The van der Waals surface area contributed by atoms with E-state index in [4.69, 9.17) is 0 Å². The Bertz CT molecular complexity index is 532. The molecule has 0 bridgehead atoms. The zero-order valence-corrected chi connectivity index (χ0v) is 11.3. The van der Waals surface area contributed by atoms with Crippen LogP contribution in [0.15, 0.2) is 17.9 Å². The third kappa shape index (κ3) is 3.16. The highest BCUT2D eigenvalue weighted by Crippen LogP contribution is 2.11. The molecule has 6 heteroatoms. The number of carbonyl (C=O) groups is 1. The van der Waals surface area contributed by atoms with Crippen molar-refractivity contribution < 1.29 is 4.79 Å². The van der Waals surface area contributed by atoms with E-state index in [9.17, 15) is 4.79 Å². The van der Waals surface area contributed by atoms with Crippen molar-refractivity contribution >= 4 is 17.2 Å². The molecule has 5 nitrogen and oxygen atoms in total. The highest BCUT2D eigenvalue weighted by molar-refractivity contribution is 7.11. The first-order valence-corrected chi connectivity index (χ1v) is 6.72. The Balaban J connectivity index is 1.73. The van der Waals surface area contributed by atoms with Gasteiger partial charge in [0, 0.05) is 19.3 Å². The van der Waals surface area contributed by atoms with Gasteiger partial charge in [-0.25, -0.2) is 4.98 Å².